The molecule has 4 rings (SSSR count). The molecule has 1 amide bonds. The zero-order valence-electron chi connectivity index (χ0n) is 15.0. The van der Waals surface area contributed by atoms with Crippen molar-refractivity contribution in [3.05, 3.63) is 35.9 Å². The van der Waals surface area contributed by atoms with Crippen LogP contribution in [0.1, 0.15) is 18.4 Å². The lowest BCUT2D eigenvalue weighted by Gasteiger charge is -2.20. The predicted octanol–water partition coefficient (Wildman–Crippen LogP) is 2.90. The van der Waals surface area contributed by atoms with E-state index in [2.05, 4.69) is 4.98 Å². The SMILES string of the molecule is COc1cccc(-c2cc3c(c(OC)c2)OCCN(C(=O)C2CC2)C3)n1. The molecule has 0 radical (unpaired) electrons. The summed E-state index contributed by atoms with van der Waals surface area (Å²) in [4.78, 5) is 18.9. The Labute approximate surface area is 152 Å². The van der Waals surface area contributed by atoms with Crippen LogP contribution in [-0.2, 0) is 11.3 Å². The molecule has 1 aromatic heterocycles. The van der Waals surface area contributed by atoms with Gasteiger partial charge in [-0.05, 0) is 31.0 Å². The normalized spacial score (nSPS) is 16.3. The number of methoxy groups -OCH3 is 2. The zero-order chi connectivity index (χ0) is 18.1. The number of carbonyl (C=O) groups excluding carboxylic acids is 1. The summed E-state index contributed by atoms with van der Waals surface area (Å²) < 4.78 is 16.7. The first-order valence-electron chi connectivity index (χ1n) is 8.83. The number of fused-ring (bicyclic) bond motifs is 1. The number of hydrogen-bond donors (Lipinski definition) is 0. The summed E-state index contributed by atoms with van der Waals surface area (Å²) in [6.45, 7) is 1.59. The van der Waals surface area contributed by atoms with Gasteiger partial charge in [0.15, 0.2) is 11.5 Å². The van der Waals surface area contributed by atoms with Crippen LogP contribution in [0.15, 0.2) is 30.3 Å². The van der Waals surface area contributed by atoms with Crippen molar-refractivity contribution in [2.45, 2.75) is 19.4 Å². The van der Waals surface area contributed by atoms with E-state index in [-0.39, 0.29) is 11.8 Å². The Kier molecular flexibility index (Phi) is 4.41. The summed E-state index contributed by atoms with van der Waals surface area (Å²) in [5.41, 5.74) is 2.63. The lowest BCUT2D eigenvalue weighted by molar-refractivity contribution is -0.133. The largest absolute Gasteiger partial charge is 0.493 e. The number of carbonyl (C=O) groups is 1. The fourth-order valence-corrected chi connectivity index (χ4v) is 3.25. The average Bonchev–Trinajstić information content (AvgIpc) is 3.53. The standard InChI is InChI=1S/C20H22N2O4/c1-24-17-11-14(16-4-3-5-18(21-16)25-2)10-15-12-22(8-9-26-19(15)17)20(23)13-6-7-13/h3-5,10-11,13H,6-9,12H2,1-2H3. The first-order chi connectivity index (χ1) is 12.7. The van der Waals surface area contributed by atoms with E-state index in [0.29, 0.717) is 37.1 Å². The molecule has 6 nitrogen and oxygen atoms in total. The summed E-state index contributed by atoms with van der Waals surface area (Å²) in [6, 6.07) is 9.58. The number of pyridine rings is 1. The third kappa shape index (κ3) is 3.19. The van der Waals surface area contributed by atoms with Gasteiger partial charge < -0.3 is 19.1 Å². The van der Waals surface area contributed by atoms with Gasteiger partial charge in [-0.25, -0.2) is 4.98 Å². The van der Waals surface area contributed by atoms with Crippen molar-refractivity contribution < 1.29 is 19.0 Å². The van der Waals surface area contributed by atoms with Crippen LogP contribution < -0.4 is 14.2 Å². The highest BCUT2D eigenvalue weighted by molar-refractivity contribution is 5.81. The lowest BCUT2D eigenvalue weighted by Crippen LogP contribution is -2.33. The van der Waals surface area contributed by atoms with Crippen molar-refractivity contribution in [3.8, 4) is 28.6 Å². The highest BCUT2D eigenvalue weighted by atomic mass is 16.5. The molecular formula is C20H22N2O4. The quantitative estimate of drug-likeness (QED) is 0.845. The number of hydrogen-bond acceptors (Lipinski definition) is 5. The number of aromatic nitrogens is 1. The first kappa shape index (κ1) is 16.7. The smallest absolute Gasteiger partial charge is 0.226 e. The van der Waals surface area contributed by atoms with E-state index in [0.717, 1.165) is 29.7 Å². The molecule has 2 aliphatic rings. The number of rotatable bonds is 4. The van der Waals surface area contributed by atoms with Gasteiger partial charge in [-0.15, -0.1) is 0 Å². The van der Waals surface area contributed by atoms with E-state index in [1.807, 2.05) is 35.2 Å². The topological polar surface area (TPSA) is 60.9 Å². The second kappa shape index (κ2) is 6.86. The molecule has 0 saturated heterocycles. The number of amides is 1. The second-order valence-corrected chi connectivity index (χ2v) is 6.61. The second-order valence-electron chi connectivity index (χ2n) is 6.61. The minimum Gasteiger partial charge on any atom is -0.493 e. The van der Waals surface area contributed by atoms with Gasteiger partial charge >= 0.3 is 0 Å². The van der Waals surface area contributed by atoms with Crippen LogP contribution in [0.25, 0.3) is 11.3 Å². The molecule has 2 aromatic rings. The van der Waals surface area contributed by atoms with E-state index < -0.39 is 0 Å². The van der Waals surface area contributed by atoms with Crippen LogP contribution in [0.3, 0.4) is 0 Å². The predicted molar refractivity (Wildman–Crippen MR) is 96.4 cm³/mol. The molecule has 1 aliphatic carbocycles. The van der Waals surface area contributed by atoms with Gasteiger partial charge in [0.05, 0.1) is 26.5 Å². The maximum atomic E-state index is 12.5. The molecule has 6 heteroatoms. The van der Waals surface area contributed by atoms with Gasteiger partial charge in [0.1, 0.15) is 6.61 Å². The first-order valence-corrected chi connectivity index (χ1v) is 8.83. The molecule has 0 spiro atoms. The van der Waals surface area contributed by atoms with Crippen molar-refractivity contribution in [3.63, 3.8) is 0 Å². The maximum Gasteiger partial charge on any atom is 0.226 e. The molecule has 136 valence electrons. The van der Waals surface area contributed by atoms with Crippen molar-refractivity contribution in [1.29, 1.82) is 0 Å². The third-order valence-electron chi connectivity index (χ3n) is 4.79. The van der Waals surface area contributed by atoms with Gasteiger partial charge in [0.25, 0.3) is 0 Å². The molecule has 1 saturated carbocycles. The van der Waals surface area contributed by atoms with Crippen LogP contribution >= 0.6 is 0 Å². The van der Waals surface area contributed by atoms with E-state index >= 15 is 0 Å². The molecule has 0 atom stereocenters. The molecule has 2 heterocycles. The van der Waals surface area contributed by atoms with Crippen LogP contribution in [0, 0.1) is 5.92 Å². The Morgan fingerprint density at radius 1 is 1.23 bits per heavy atom. The molecule has 1 aliphatic heterocycles. The van der Waals surface area contributed by atoms with E-state index in [1.165, 1.54) is 0 Å². The highest BCUT2D eigenvalue weighted by Crippen LogP contribution is 2.39. The van der Waals surface area contributed by atoms with Crippen molar-refractivity contribution in [1.82, 2.24) is 9.88 Å². The summed E-state index contributed by atoms with van der Waals surface area (Å²) in [5.74, 6) is 2.35. The van der Waals surface area contributed by atoms with E-state index in [9.17, 15) is 4.79 Å². The summed E-state index contributed by atoms with van der Waals surface area (Å²) >= 11 is 0. The van der Waals surface area contributed by atoms with Crippen molar-refractivity contribution in [2.24, 2.45) is 5.92 Å². The van der Waals surface area contributed by atoms with Crippen LogP contribution in [0.5, 0.6) is 17.4 Å². The molecule has 0 N–H and O–H groups in total. The van der Waals surface area contributed by atoms with E-state index in [1.54, 1.807) is 14.2 Å². The summed E-state index contributed by atoms with van der Waals surface area (Å²) in [5, 5.41) is 0. The lowest BCUT2D eigenvalue weighted by atomic mass is 10.0. The number of ether oxygens (including phenoxy) is 3. The molecular weight excluding hydrogens is 332 g/mol. The Morgan fingerprint density at radius 3 is 2.81 bits per heavy atom. The number of benzene rings is 1. The average molecular weight is 354 g/mol. The molecule has 1 aromatic carbocycles. The third-order valence-corrected chi connectivity index (χ3v) is 4.79. The van der Waals surface area contributed by atoms with Gasteiger partial charge in [-0.1, -0.05) is 6.07 Å². The van der Waals surface area contributed by atoms with Crippen LogP contribution in [0.4, 0.5) is 0 Å². The molecule has 0 unspecified atom stereocenters. The Balaban J connectivity index is 1.73. The summed E-state index contributed by atoms with van der Waals surface area (Å²) in [6.07, 6.45) is 2.00. The molecule has 0 bridgehead atoms. The molecule has 26 heavy (non-hydrogen) atoms. The minimum absolute atomic E-state index is 0.196. The highest BCUT2D eigenvalue weighted by Gasteiger charge is 2.34. The monoisotopic (exact) mass is 354 g/mol. The van der Waals surface area contributed by atoms with E-state index in [4.69, 9.17) is 14.2 Å². The van der Waals surface area contributed by atoms with Gasteiger partial charge in [0.2, 0.25) is 11.8 Å². The maximum absolute atomic E-state index is 12.5. The van der Waals surface area contributed by atoms with Gasteiger partial charge in [-0.3, -0.25) is 4.79 Å². The van der Waals surface area contributed by atoms with Crippen molar-refractivity contribution >= 4 is 5.91 Å². The van der Waals surface area contributed by atoms with Crippen molar-refractivity contribution in [2.75, 3.05) is 27.4 Å². The van der Waals surface area contributed by atoms with Crippen LogP contribution in [-0.4, -0.2) is 43.2 Å². The minimum atomic E-state index is 0.196. The zero-order valence-corrected chi connectivity index (χ0v) is 15.0. The van der Waals surface area contributed by atoms with Crippen LogP contribution in [0.2, 0.25) is 0 Å². The Hall–Kier alpha value is -2.76. The molecule has 1 fully saturated rings. The van der Waals surface area contributed by atoms with Gasteiger partial charge in [0, 0.05) is 29.7 Å². The Morgan fingerprint density at radius 2 is 2.08 bits per heavy atom. The van der Waals surface area contributed by atoms with Gasteiger partial charge in [-0.2, -0.15) is 0 Å². The number of nitrogens with zero attached hydrogens (tertiary/aromatic N) is 2. The Bertz CT molecular complexity index is 833. The summed E-state index contributed by atoms with van der Waals surface area (Å²) in [7, 11) is 3.22. The fourth-order valence-electron chi connectivity index (χ4n) is 3.25. The fraction of sp³-hybridized carbons (Fsp3) is 0.400.